The molecule has 2 N–H and O–H groups in total. The number of benzene rings is 3. The molecule has 3 aromatic carbocycles. The first-order valence-corrected chi connectivity index (χ1v) is 9.86. The third kappa shape index (κ3) is 5.62. The SMILES string of the molecule is C[NH+](C)[C@@H](CNC(=O)c1ccc(C(=O)c2ccccc2)cc1)Cc1ccccc1. The zero-order valence-corrected chi connectivity index (χ0v) is 16.9. The van der Waals surface area contributed by atoms with Crippen LogP contribution >= 0.6 is 0 Å². The van der Waals surface area contributed by atoms with Gasteiger partial charge in [-0.15, -0.1) is 0 Å². The molecule has 29 heavy (non-hydrogen) atoms. The molecule has 0 saturated heterocycles. The van der Waals surface area contributed by atoms with E-state index in [4.69, 9.17) is 0 Å². The van der Waals surface area contributed by atoms with E-state index in [2.05, 4.69) is 31.5 Å². The molecule has 0 bridgehead atoms. The Balaban J connectivity index is 1.60. The number of hydrogen-bond acceptors (Lipinski definition) is 2. The van der Waals surface area contributed by atoms with Crippen molar-refractivity contribution in [2.45, 2.75) is 12.5 Å². The van der Waals surface area contributed by atoms with Crippen molar-refractivity contribution in [2.75, 3.05) is 20.6 Å². The van der Waals surface area contributed by atoms with Gasteiger partial charge in [0.25, 0.3) is 5.91 Å². The fraction of sp³-hybridized carbons (Fsp3) is 0.200. The third-order valence-electron chi connectivity index (χ3n) is 5.10. The van der Waals surface area contributed by atoms with E-state index in [0.29, 0.717) is 23.2 Å². The maximum atomic E-state index is 12.6. The van der Waals surface area contributed by atoms with Gasteiger partial charge in [0.05, 0.1) is 20.6 Å². The number of quaternary nitrogens is 1. The molecule has 0 aromatic heterocycles. The minimum Gasteiger partial charge on any atom is -0.346 e. The summed E-state index contributed by atoms with van der Waals surface area (Å²) < 4.78 is 0. The van der Waals surface area contributed by atoms with Gasteiger partial charge < -0.3 is 10.2 Å². The van der Waals surface area contributed by atoms with Crippen molar-refractivity contribution in [1.29, 1.82) is 0 Å². The highest BCUT2D eigenvalue weighted by atomic mass is 16.1. The second kappa shape index (κ2) is 9.80. The predicted octanol–water partition coefficient (Wildman–Crippen LogP) is 2.40. The maximum absolute atomic E-state index is 12.6. The number of rotatable bonds is 8. The number of nitrogens with one attached hydrogen (secondary N) is 2. The summed E-state index contributed by atoms with van der Waals surface area (Å²) in [4.78, 5) is 26.3. The molecule has 3 aromatic rings. The highest BCUT2D eigenvalue weighted by Crippen LogP contribution is 2.11. The standard InChI is InChI=1S/C25H26N2O2/c1-27(2)23(17-19-9-5-3-6-10-19)18-26-25(29)22-15-13-21(14-16-22)24(28)20-11-7-4-8-12-20/h3-16,23H,17-18H2,1-2H3,(H,26,29)/p+1/t23-/m1/s1. The Morgan fingerprint density at radius 1 is 0.759 bits per heavy atom. The van der Waals surface area contributed by atoms with Gasteiger partial charge in [0.15, 0.2) is 5.78 Å². The highest BCUT2D eigenvalue weighted by Gasteiger charge is 2.18. The van der Waals surface area contributed by atoms with Gasteiger partial charge in [0.1, 0.15) is 6.04 Å². The molecular formula is C25H27N2O2+. The Labute approximate surface area is 172 Å². The quantitative estimate of drug-likeness (QED) is 0.583. The van der Waals surface area contributed by atoms with Gasteiger partial charge >= 0.3 is 0 Å². The summed E-state index contributed by atoms with van der Waals surface area (Å²) in [5, 5.41) is 3.04. The van der Waals surface area contributed by atoms with Crippen LogP contribution in [0.15, 0.2) is 84.9 Å². The summed E-state index contributed by atoms with van der Waals surface area (Å²) in [5.41, 5.74) is 3.04. The van der Waals surface area contributed by atoms with Crippen molar-refractivity contribution in [3.63, 3.8) is 0 Å². The van der Waals surface area contributed by atoms with Gasteiger partial charge in [0, 0.05) is 23.1 Å². The van der Waals surface area contributed by atoms with Gasteiger partial charge in [-0.25, -0.2) is 0 Å². The Morgan fingerprint density at radius 2 is 1.28 bits per heavy atom. The lowest BCUT2D eigenvalue weighted by Gasteiger charge is -2.22. The van der Waals surface area contributed by atoms with Crippen LogP contribution in [0.5, 0.6) is 0 Å². The van der Waals surface area contributed by atoms with E-state index in [0.717, 1.165) is 6.42 Å². The molecule has 0 aliphatic rings. The number of carbonyl (C=O) groups is 2. The summed E-state index contributed by atoms with van der Waals surface area (Å²) in [7, 11) is 4.20. The van der Waals surface area contributed by atoms with E-state index in [9.17, 15) is 9.59 Å². The van der Waals surface area contributed by atoms with E-state index in [-0.39, 0.29) is 17.7 Å². The van der Waals surface area contributed by atoms with Crippen molar-refractivity contribution >= 4 is 11.7 Å². The zero-order chi connectivity index (χ0) is 20.6. The summed E-state index contributed by atoms with van der Waals surface area (Å²) >= 11 is 0. The lowest BCUT2D eigenvalue weighted by molar-refractivity contribution is -0.884. The average Bonchev–Trinajstić information content (AvgIpc) is 2.77. The highest BCUT2D eigenvalue weighted by molar-refractivity contribution is 6.09. The van der Waals surface area contributed by atoms with Crippen LogP contribution in [0, 0.1) is 0 Å². The van der Waals surface area contributed by atoms with Crippen molar-refractivity contribution in [2.24, 2.45) is 0 Å². The molecule has 0 unspecified atom stereocenters. The molecule has 0 aliphatic heterocycles. The van der Waals surface area contributed by atoms with E-state index in [1.165, 1.54) is 10.5 Å². The van der Waals surface area contributed by atoms with Gasteiger partial charge in [-0.1, -0.05) is 72.8 Å². The van der Waals surface area contributed by atoms with Crippen LogP contribution in [-0.2, 0) is 6.42 Å². The first-order chi connectivity index (χ1) is 14.0. The van der Waals surface area contributed by atoms with Gasteiger partial charge in [-0.3, -0.25) is 9.59 Å². The Hall–Kier alpha value is -3.24. The number of ketones is 1. The number of amides is 1. The molecule has 0 aliphatic carbocycles. The van der Waals surface area contributed by atoms with Crippen LogP contribution < -0.4 is 10.2 Å². The number of likely N-dealkylation sites (N-methyl/N-ethyl adjacent to an activating group) is 1. The smallest absolute Gasteiger partial charge is 0.251 e. The normalized spacial score (nSPS) is 11.8. The second-order valence-corrected chi connectivity index (χ2v) is 7.45. The van der Waals surface area contributed by atoms with Gasteiger partial charge in [0.2, 0.25) is 0 Å². The third-order valence-corrected chi connectivity index (χ3v) is 5.10. The molecule has 1 amide bonds. The summed E-state index contributed by atoms with van der Waals surface area (Å²) in [6.45, 7) is 0.584. The minimum absolute atomic E-state index is 0.0447. The summed E-state index contributed by atoms with van der Waals surface area (Å²) in [6.07, 6.45) is 0.897. The van der Waals surface area contributed by atoms with E-state index in [1.54, 1.807) is 36.4 Å². The fourth-order valence-electron chi connectivity index (χ4n) is 3.23. The lowest BCUT2D eigenvalue weighted by atomic mass is 10.0. The molecule has 0 spiro atoms. The molecule has 4 heteroatoms. The predicted molar refractivity (Wildman–Crippen MR) is 115 cm³/mol. The summed E-state index contributed by atoms with van der Waals surface area (Å²) in [6, 6.07) is 26.6. The largest absolute Gasteiger partial charge is 0.346 e. The van der Waals surface area contributed by atoms with Gasteiger partial charge in [-0.05, 0) is 17.7 Å². The van der Waals surface area contributed by atoms with E-state index in [1.807, 2.05) is 36.4 Å². The molecule has 0 saturated carbocycles. The molecule has 3 rings (SSSR count). The molecule has 1 atom stereocenters. The number of carbonyl (C=O) groups excluding carboxylic acids is 2. The van der Waals surface area contributed by atoms with Crippen LogP contribution in [0.1, 0.15) is 31.8 Å². The first kappa shape index (κ1) is 20.5. The van der Waals surface area contributed by atoms with Crippen LogP contribution in [0.25, 0.3) is 0 Å². The fourth-order valence-corrected chi connectivity index (χ4v) is 3.23. The molecule has 4 nitrogen and oxygen atoms in total. The van der Waals surface area contributed by atoms with Crippen LogP contribution in [-0.4, -0.2) is 38.4 Å². The minimum atomic E-state index is -0.122. The molecular weight excluding hydrogens is 360 g/mol. The van der Waals surface area contributed by atoms with E-state index >= 15 is 0 Å². The maximum Gasteiger partial charge on any atom is 0.251 e. The van der Waals surface area contributed by atoms with Crippen LogP contribution in [0.4, 0.5) is 0 Å². The topological polar surface area (TPSA) is 50.6 Å². The van der Waals surface area contributed by atoms with Crippen molar-refractivity contribution < 1.29 is 14.5 Å². The zero-order valence-electron chi connectivity index (χ0n) is 16.9. The van der Waals surface area contributed by atoms with Gasteiger partial charge in [-0.2, -0.15) is 0 Å². The molecule has 0 heterocycles. The van der Waals surface area contributed by atoms with E-state index < -0.39 is 0 Å². The summed E-state index contributed by atoms with van der Waals surface area (Å²) in [5.74, 6) is -0.167. The Kier molecular flexibility index (Phi) is 6.93. The molecule has 0 radical (unpaired) electrons. The molecule has 0 fully saturated rings. The van der Waals surface area contributed by atoms with Crippen molar-refractivity contribution in [1.82, 2.24) is 5.32 Å². The average molecular weight is 388 g/mol. The Morgan fingerprint density at radius 3 is 1.86 bits per heavy atom. The van der Waals surface area contributed by atoms with Crippen molar-refractivity contribution in [3.05, 3.63) is 107 Å². The molecule has 148 valence electrons. The second-order valence-electron chi connectivity index (χ2n) is 7.45. The van der Waals surface area contributed by atoms with Crippen LogP contribution in [0.3, 0.4) is 0 Å². The first-order valence-electron chi connectivity index (χ1n) is 9.86. The lowest BCUT2D eigenvalue weighted by Crippen LogP contribution is -3.11. The number of hydrogen-bond donors (Lipinski definition) is 2. The van der Waals surface area contributed by atoms with Crippen LogP contribution in [0.2, 0.25) is 0 Å². The monoisotopic (exact) mass is 387 g/mol. The Bertz CT molecular complexity index is 936. The van der Waals surface area contributed by atoms with Crippen molar-refractivity contribution in [3.8, 4) is 0 Å².